The molecule has 19 heavy (non-hydrogen) atoms. The van der Waals surface area contributed by atoms with Crippen LogP contribution in [0, 0.1) is 5.82 Å². The van der Waals surface area contributed by atoms with Crippen LogP contribution in [0.1, 0.15) is 37.3 Å². The first-order valence-corrected chi connectivity index (χ1v) is 6.86. The zero-order valence-corrected chi connectivity index (χ0v) is 11.4. The van der Waals surface area contributed by atoms with Gasteiger partial charge in [-0.05, 0) is 38.1 Å². The summed E-state index contributed by atoms with van der Waals surface area (Å²) in [5.74, 6) is -1.34. The summed E-state index contributed by atoms with van der Waals surface area (Å²) < 4.78 is 14.0. The number of aliphatic carboxylic acids is 1. The van der Waals surface area contributed by atoms with Gasteiger partial charge in [0.25, 0.3) is 0 Å². The molecule has 0 amide bonds. The minimum atomic E-state index is -0.912. The third-order valence-corrected chi connectivity index (χ3v) is 3.76. The predicted octanol–water partition coefficient (Wildman–Crippen LogP) is 3.48. The smallest absolute Gasteiger partial charge is 0.305 e. The zero-order valence-electron chi connectivity index (χ0n) is 10.6. The Morgan fingerprint density at radius 3 is 2.63 bits per heavy atom. The Labute approximate surface area is 117 Å². The summed E-state index contributed by atoms with van der Waals surface area (Å²) in [6.07, 6.45) is 3.13. The van der Waals surface area contributed by atoms with Crippen molar-refractivity contribution >= 4 is 17.6 Å². The molecular weight excluding hydrogens is 269 g/mol. The van der Waals surface area contributed by atoms with Crippen molar-refractivity contribution in [3.63, 3.8) is 0 Å². The van der Waals surface area contributed by atoms with E-state index in [0.29, 0.717) is 10.6 Å². The minimum absolute atomic E-state index is 0.0848. The second kappa shape index (κ2) is 6.35. The molecule has 1 aliphatic heterocycles. The Balaban J connectivity index is 2.27. The van der Waals surface area contributed by atoms with Crippen LogP contribution >= 0.6 is 11.6 Å². The molecule has 0 saturated carbocycles. The van der Waals surface area contributed by atoms with E-state index in [1.807, 2.05) is 0 Å². The van der Waals surface area contributed by atoms with E-state index in [9.17, 15) is 9.18 Å². The fourth-order valence-corrected chi connectivity index (χ4v) is 2.76. The van der Waals surface area contributed by atoms with E-state index in [0.717, 1.165) is 32.4 Å². The van der Waals surface area contributed by atoms with Crippen LogP contribution in [0.25, 0.3) is 0 Å². The Bertz CT molecular complexity index is 461. The van der Waals surface area contributed by atoms with Crippen LogP contribution in [0.3, 0.4) is 0 Å². The monoisotopic (exact) mass is 285 g/mol. The highest BCUT2D eigenvalue weighted by molar-refractivity contribution is 6.30. The molecule has 1 aromatic rings. The quantitative estimate of drug-likeness (QED) is 0.921. The van der Waals surface area contributed by atoms with Gasteiger partial charge in [-0.2, -0.15) is 0 Å². The van der Waals surface area contributed by atoms with Crippen LogP contribution in [0.4, 0.5) is 4.39 Å². The third-order valence-electron chi connectivity index (χ3n) is 3.52. The number of hydrogen-bond acceptors (Lipinski definition) is 2. The van der Waals surface area contributed by atoms with Gasteiger partial charge in [-0.1, -0.05) is 24.1 Å². The standard InChI is InChI=1S/C14H17ClFNO2/c15-10-4-5-11(12(16)8-10)13(9-14(18)19)17-6-2-1-3-7-17/h4-5,8,13H,1-3,6-7,9H2,(H,18,19). The second-order valence-electron chi connectivity index (χ2n) is 4.88. The zero-order chi connectivity index (χ0) is 13.8. The van der Waals surface area contributed by atoms with Crippen LogP contribution in [-0.4, -0.2) is 29.1 Å². The summed E-state index contributed by atoms with van der Waals surface area (Å²) in [7, 11) is 0. The molecule has 0 aromatic heterocycles. The normalized spacial score (nSPS) is 18.2. The molecule has 1 aromatic carbocycles. The lowest BCUT2D eigenvalue weighted by atomic mass is 9.98. The minimum Gasteiger partial charge on any atom is -0.481 e. The molecule has 1 heterocycles. The first-order valence-electron chi connectivity index (χ1n) is 6.48. The second-order valence-corrected chi connectivity index (χ2v) is 5.31. The lowest BCUT2D eigenvalue weighted by Crippen LogP contribution is -2.35. The number of hydrogen-bond donors (Lipinski definition) is 1. The summed E-state index contributed by atoms with van der Waals surface area (Å²) in [6.45, 7) is 1.64. The van der Waals surface area contributed by atoms with Gasteiger partial charge in [-0.3, -0.25) is 9.69 Å². The van der Waals surface area contributed by atoms with Crippen molar-refractivity contribution in [2.75, 3.05) is 13.1 Å². The van der Waals surface area contributed by atoms with Gasteiger partial charge in [-0.15, -0.1) is 0 Å². The van der Waals surface area contributed by atoms with Crippen molar-refractivity contribution in [2.24, 2.45) is 0 Å². The van der Waals surface area contributed by atoms with E-state index in [2.05, 4.69) is 4.90 Å². The topological polar surface area (TPSA) is 40.5 Å². The molecule has 1 atom stereocenters. The van der Waals surface area contributed by atoms with E-state index < -0.39 is 17.8 Å². The van der Waals surface area contributed by atoms with Gasteiger partial charge in [0.05, 0.1) is 6.42 Å². The number of halogens is 2. The van der Waals surface area contributed by atoms with Gasteiger partial charge >= 0.3 is 5.97 Å². The fourth-order valence-electron chi connectivity index (χ4n) is 2.60. The third kappa shape index (κ3) is 3.67. The number of benzene rings is 1. The molecule has 2 rings (SSSR count). The number of rotatable bonds is 4. The van der Waals surface area contributed by atoms with Crippen molar-refractivity contribution in [3.8, 4) is 0 Å². The van der Waals surface area contributed by atoms with E-state index in [1.54, 1.807) is 12.1 Å². The maximum Gasteiger partial charge on any atom is 0.305 e. The van der Waals surface area contributed by atoms with E-state index in [1.165, 1.54) is 6.07 Å². The summed E-state index contributed by atoms with van der Waals surface area (Å²) in [5, 5.41) is 9.37. The molecule has 5 heteroatoms. The molecule has 1 N–H and O–H groups in total. The molecule has 1 unspecified atom stereocenters. The fraction of sp³-hybridized carbons (Fsp3) is 0.500. The first-order chi connectivity index (χ1) is 9.08. The van der Waals surface area contributed by atoms with Crippen molar-refractivity contribution < 1.29 is 14.3 Å². The highest BCUT2D eigenvalue weighted by atomic mass is 35.5. The average molecular weight is 286 g/mol. The van der Waals surface area contributed by atoms with Gasteiger partial charge in [0, 0.05) is 16.6 Å². The van der Waals surface area contributed by atoms with Crippen molar-refractivity contribution in [1.82, 2.24) is 4.90 Å². The van der Waals surface area contributed by atoms with Crippen LogP contribution in [-0.2, 0) is 4.79 Å². The maximum absolute atomic E-state index is 14.0. The molecule has 1 fully saturated rings. The lowest BCUT2D eigenvalue weighted by Gasteiger charge is -2.34. The van der Waals surface area contributed by atoms with E-state index >= 15 is 0 Å². The SMILES string of the molecule is O=C(O)CC(c1ccc(Cl)cc1F)N1CCCCC1. The van der Waals surface area contributed by atoms with Crippen LogP contribution in [0.15, 0.2) is 18.2 Å². The lowest BCUT2D eigenvalue weighted by molar-refractivity contribution is -0.138. The number of nitrogens with zero attached hydrogens (tertiary/aromatic N) is 1. The largest absolute Gasteiger partial charge is 0.481 e. The van der Waals surface area contributed by atoms with E-state index in [4.69, 9.17) is 16.7 Å². The maximum atomic E-state index is 14.0. The number of carboxylic acids is 1. The molecule has 0 aliphatic carbocycles. The number of likely N-dealkylation sites (tertiary alicyclic amines) is 1. The molecule has 0 radical (unpaired) electrons. The van der Waals surface area contributed by atoms with Crippen molar-refractivity contribution in [1.29, 1.82) is 0 Å². The highest BCUT2D eigenvalue weighted by Gasteiger charge is 2.26. The van der Waals surface area contributed by atoms with Crippen molar-refractivity contribution in [3.05, 3.63) is 34.6 Å². The highest BCUT2D eigenvalue weighted by Crippen LogP contribution is 2.30. The van der Waals surface area contributed by atoms with Crippen LogP contribution in [0.2, 0.25) is 5.02 Å². The molecule has 104 valence electrons. The van der Waals surface area contributed by atoms with Gasteiger partial charge in [0.1, 0.15) is 5.82 Å². The molecule has 1 saturated heterocycles. The Kier molecular flexibility index (Phi) is 4.77. The molecular formula is C14H17ClFNO2. The van der Waals surface area contributed by atoms with Gasteiger partial charge in [0.2, 0.25) is 0 Å². The average Bonchev–Trinajstić information content (AvgIpc) is 2.37. The van der Waals surface area contributed by atoms with E-state index in [-0.39, 0.29) is 6.42 Å². The van der Waals surface area contributed by atoms with Gasteiger partial charge in [0.15, 0.2) is 0 Å². The molecule has 0 spiro atoms. The molecule has 0 bridgehead atoms. The van der Waals surface area contributed by atoms with Gasteiger partial charge < -0.3 is 5.11 Å². The number of carboxylic acid groups (broad SMARTS) is 1. The van der Waals surface area contributed by atoms with Gasteiger partial charge in [-0.25, -0.2) is 4.39 Å². The van der Waals surface area contributed by atoms with Crippen LogP contribution < -0.4 is 0 Å². The number of carbonyl (C=O) groups is 1. The Morgan fingerprint density at radius 2 is 2.05 bits per heavy atom. The number of piperidine rings is 1. The Hall–Kier alpha value is -1.13. The molecule has 1 aliphatic rings. The Morgan fingerprint density at radius 1 is 1.37 bits per heavy atom. The van der Waals surface area contributed by atoms with Crippen molar-refractivity contribution in [2.45, 2.75) is 31.7 Å². The first kappa shape index (κ1) is 14.3. The summed E-state index contributed by atoms with van der Waals surface area (Å²) in [6, 6.07) is 4.05. The summed E-state index contributed by atoms with van der Waals surface area (Å²) in [5.41, 5.74) is 0.425. The van der Waals surface area contributed by atoms with Crippen LogP contribution in [0.5, 0.6) is 0 Å². The molecule has 3 nitrogen and oxygen atoms in total. The predicted molar refractivity (Wildman–Crippen MR) is 71.8 cm³/mol. The summed E-state index contributed by atoms with van der Waals surface area (Å²) >= 11 is 5.74. The summed E-state index contributed by atoms with van der Waals surface area (Å²) in [4.78, 5) is 13.1.